The average Bonchev–Trinajstić information content (AvgIpc) is 3.63. The van der Waals surface area contributed by atoms with Crippen molar-refractivity contribution in [1.82, 2.24) is 0 Å². The Balaban J connectivity index is 1.22. The molecule has 1 heterocycles. The molecule has 0 aliphatic heterocycles. The highest BCUT2D eigenvalue weighted by Crippen LogP contribution is 2.46. The second-order valence-electron chi connectivity index (χ2n) is 13.0. The monoisotopic (exact) mass is 654 g/mol. The zero-order valence-electron chi connectivity index (χ0n) is 35.1. The molecule has 11 aromatic rings. The summed E-state index contributed by atoms with van der Waals surface area (Å²) >= 11 is 0. The van der Waals surface area contributed by atoms with Gasteiger partial charge >= 0.3 is 0 Å². The lowest BCUT2D eigenvalue weighted by molar-refractivity contribution is 0.669. The van der Waals surface area contributed by atoms with E-state index in [-0.39, 0.29) is 45.7 Å². The molecule has 1 heteroatoms. The van der Waals surface area contributed by atoms with Crippen molar-refractivity contribution in [1.29, 1.82) is 0 Å². The molecule has 0 bridgehead atoms. The lowest BCUT2D eigenvalue weighted by atomic mass is 9.83. The Hall–Kier alpha value is -6.70. The van der Waals surface area contributed by atoms with Gasteiger partial charge in [-0.2, -0.15) is 0 Å². The van der Waals surface area contributed by atoms with Gasteiger partial charge in [-0.25, -0.2) is 0 Å². The molecule has 0 radical (unpaired) electrons. The molecule has 1 nitrogen and oxygen atoms in total. The molecule has 0 saturated heterocycles. The molecule has 0 aliphatic rings. The smallest absolute Gasteiger partial charge is 0.136 e. The maximum atomic E-state index is 9.45. The van der Waals surface area contributed by atoms with Crippen molar-refractivity contribution in [2.24, 2.45) is 0 Å². The van der Waals surface area contributed by atoms with Crippen LogP contribution in [0.4, 0.5) is 0 Å². The van der Waals surface area contributed by atoms with E-state index in [0.717, 1.165) is 65.4 Å². The van der Waals surface area contributed by atoms with Gasteiger partial charge in [0.05, 0.1) is 11.0 Å². The summed E-state index contributed by atoms with van der Waals surface area (Å²) in [5.41, 5.74) is 5.23. The van der Waals surface area contributed by atoms with Gasteiger partial charge in [0, 0.05) is 10.8 Å². The van der Waals surface area contributed by atoms with Crippen LogP contribution >= 0.6 is 0 Å². The maximum absolute atomic E-state index is 9.45. The van der Waals surface area contributed by atoms with Crippen molar-refractivity contribution < 1.29 is 15.4 Å². The minimum atomic E-state index is -0.428. The van der Waals surface area contributed by atoms with Gasteiger partial charge in [0.25, 0.3) is 0 Å². The van der Waals surface area contributed by atoms with Crippen molar-refractivity contribution in [3.05, 3.63) is 182 Å². The normalized spacial score (nSPS) is 14.1. The van der Waals surface area contributed by atoms with Crippen LogP contribution in [0.15, 0.2) is 186 Å². The summed E-state index contributed by atoms with van der Waals surface area (Å²) in [6.45, 7) is 0. The molecular formula is C50H30O. The topological polar surface area (TPSA) is 13.1 Å². The predicted octanol–water partition coefficient (Wildman–Crippen LogP) is 14.4. The zero-order valence-corrected chi connectivity index (χ0v) is 27.1. The molecule has 0 fully saturated rings. The third-order valence-electron chi connectivity index (χ3n) is 10.3. The Bertz CT molecular complexity index is 3560. The summed E-state index contributed by atoms with van der Waals surface area (Å²) in [5, 5.41) is 8.56. The van der Waals surface area contributed by atoms with E-state index in [1.165, 1.54) is 0 Å². The Morgan fingerprint density at radius 1 is 0.333 bits per heavy atom. The first-order valence-electron chi connectivity index (χ1n) is 20.9. The average molecular weight is 655 g/mol. The van der Waals surface area contributed by atoms with Crippen LogP contribution in [-0.4, -0.2) is 0 Å². The lowest BCUT2D eigenvalue weighted by Gasteiger charge is -2.19. The summed E-state index contributed by atoms with van der Waals surface area (Å²) in [6.07, 6.45) is 0. The van der Waals surface area contributed by atoms with Gasteiger partial charge in [0.1, 0.15) is 11.2 Å². The van der Waals surface area contributed by atoms with Gasteiger partial charge in [0.2, 0.25) is 0 Å². The third-order valence-corrected chi connectivity index (χ3v) is 10.3. The van der Waals surface area contributed by atoms with Crippen molar-refractivity contribution in [3.8, 4) is 33.4 Å². The first kappa shape index (κ1) is 21.4. The molecule has 236 valence electrons. The molecular weight excluding hydrogens is 617 g/mol. The standard InChI is InChI=1S/C50H30O/c1-2-12-34-30-48-45(27-33(34)11-1)44-28-35(25-26-47(44)51-48)31-21-23-32(24-22-31)49-40-17-7-9-19-42(40)50(43-20-10-8-18-41(43)49)46-29-36-13-3-4-14-37(36)38-15-5-6-16-39(38)46/h1-30H/i7D,8D,9D,10D,17D,18D,19D,20D. The fraction of sp³-hybridized carbons (Fsp3) is 0. The molecule has 0 unspecified atom stereocenters. The third kappa shape index (κ3) is 4.28. The summed E-state index contributed by atoms with van der Waals surface area (Å²) in [7, 11) is 0. The molecule has 0 N–H and O–H groups in total. The quantitative estimate of drug-likeness (QED) is 0.136. The Morgan fingerprint density at radius 3 is 1.57 bits per heavy atom. The van der Waals surface area contributed by atoms with Crippen molar-refractivity contribution in [2.75, 3.05) is 0 Å². The Kier molecular flexibility index (Phi) is 4.57. The highest BCUT2D eigenvalue weighted by molar-refractivity contribution is 6.25. The van der Waals surface area contributed by atoms with E-state index < -0.39 is 24.2 Å². The number of hydrogen-bond donors (Lipinski definition) is 0. The van der Waals surface area contributed by atoms with Crippen LogP contribution < -0.4 is 0 Å². The minimum absolute atomic E-state index is 0.187. The summed E-state index contributed by atoms with van der Waals surface area (Å²) < 4.78 is 79.5. The molecule has 51 heavy (non-hydrogen) atoms. The maximum Gasteiger partial charge on any atom is 0.136 e. The van der Waals surface area contributed by atoms with Crippen LogP contribution in [0.25, 0.3) is 109 Å². The highest BCUT2D eigenvalue weighted by Gasteiger charge is 2.19. The van der Waals surface area contributed by atoms with Crippen LogP contribution in [0, 0.1) is 0 Å². The first-order valence-corrected chi connectivity index (χ1v) is 16.9. The Labute approximate surface area is 305 Å². The molecule has 10 aromatic carbocycles. The summed E-state index contributed by atoms with van der Waals surface area (Å²) in [4.78, 5) is 0. The van der Waals surface area contributed by atoms with Crippen LogP contribution in [0.1, 0.15) is 11.0 Å². The van der Waals surface area contributed by atoms with E-state index in [0.29, 0.717) is 22.3 Å². The van der Waals surface area contributed by atoms with Crippen molar-refractivity contribution in [3.63, 3.8) is 0 Å². The van der Waals surface area contributed by atoms with Gasteiger partial charge in [-0.05, 0) is 118 Å². The number of benzene rings is 10. The molecule has 11 rings (SSSR count). The summed E-state index contributed by atoms with van der Waals surface area (Å²) in [6, 6.07) is 40.9. The van der Waals surface area contributed by atoms with Gasteiger partial charge in [-0.15, -0.1) is 0 Å². The number of furan rings is 1. The van der Waals surface area contributed by atoms with Crippen molar-refractivity contribution in [2.45, 2.75) is 0 Å². The van der Waals surface area contributed by atoms with Crippen LogP contribution in [0.2, 0.25) is 0 Å². The minimum Gasteiger partial charge on any atom is -0.456 e. The van der Waals surface area contributed by atoms with E-state index in [1.807, 2.05) is 103 Å². The van der Waals surface area contributed by atoms with Gasteiger partial charge < -0.3 is 4.42 Å². The second kappa shape index (κ2) is 10.9. The van der Waals surface area contributed by atoms with Crippen molar-refractivity contribution >= 4 is 75.8 Å². The first-order chi connectivity index (χ1) is 28.6. The van der Waals surface area contributed by atoms with Crippen LogP contribution in [0.3, 0.4) is 0 Å². The fourth-order valence-corrected chi connectivity index (χ4v) is 7.92. The molecule has 0 aliphatic carbocycles. The summed E-state index contributed by atoms with van der Waals surface area (Å²) in [5.74, 6) is 0. The van der Waals surface area contributed by atoms with Gasteiger partial charge in [-0.3, -0.25) is 0 Å². The van der Waals surface area contributed by atoms with E-state index in [9.17, 15) is 5.48 Å². The zero-order chi connectivity index (χ0) is 40.4. The van der Waals surface area contributed by atoms with E-state index in [1.54, 1.807) is 0 Å². The van der Waals surface area contributed by atoms with Gasteiger partial charge in [-0.1, -0.05) is 151 Å². The number of hydrogen-bond acceptors (Lipinski definition) is 1. The van der Waals surface area contributed by atoms with E-state index >= 15 is 0 Å². The van der Waals surface area contributed by atoms with E-state index in [2.05, 4.69) is 30.3 Å². The van der Waals surface area contributed by atoms with Crippen LogP contribution in [-0.2, 0) is 0 Å². The molecule has 1 aromatic heterocycles. The molecule has 0 saturated carbocycles. The van der Waals surface area contributed by atoms with E-state index in [4.69, 9.17) is 9.90 Å². The fourth-order valence-electron chi connectivity index (χ4n) is 7.92. The predicted molar refractivity (Wildman–Crippen MR) is 218 cm³/mol. The van der Waals surface area contributed by atoms with Gasteiger partial charge in [0.15, 0.2) is 0 Å². The molecule has 0 amide bonds. The molecule has 0 spiro atoms. The SMILES string of the molecule is [2H]c1c([2H])c([2H])c2c(-c3cc4ccccc4c4ccccc34)c3c([2H])c([2H])c([2H])c([2H])c3c(-c3ccc(-c4ccc5oc6cc7ccccc7cc6c5c4)cc3)c2c1[2H]. The lowest BCUT2D eigenvalue weighted by Crippen LogP contribution is -1.92. The molecule has 0 atom stereocenters. The Morgan fingerprint density at radius 2 is 0.863 bits per heavy atom. The number of rotatable bonds is 3. The van der Waals surface area contributed by atoms with Crippen LogP contribution in [0.5, 0.6) is 0 Å². The second-order valence-corrected chi connectivity index (χ2v) is 13.0. The number of fused-ring (bicyclic) bond motifs is 9. The largest absolute Gasteiger partial charge is 0.456 e. The highest BCUT2D eigenvalue weighted by atomic mass is 16.3.